The molecule has 0 radical (unpaired) electrons. The van der Waals surface area contributed by atoms with Gasteiger partial charge in [0.25, 0.3) is 0 Å². The standard InChI is InChI=1S/C17H24N2O4/c1-11-9-15(20)13(18)7-8-16(21)19-14(10-23-17(11)22)12-5-3-2-4-6-12/h2-6,11,13-15,20H,7-10,18H2,1H3,(H,19,21)/t11-,13+,14?,15+/m1/s1. The minimum atomic E-state index is -0.824. The second kappa shape index (κ2) is 8.08. The first-order valence-electron chi connectivity index (χ1n) is 7.92. The van der Waals surface area contributed by atoms with Crippen LogP contribution in [0.5, 0.6) is 0 Å². The number of carbonyl (C=O) groups excluding carboxylic acids is 2. The number of benzene rings is 1. The number of aliphatic hydroxyl groups is 1. The van der Waals surface area contributed by atoms with E-state index in [9.17, 15) is 14.7 Å². The van der Waals surface area contributed by atoms with E-state index in [1.807, 2.05) is 30.3 Å². The zero-order valence-electron chi connectivity index (χ0n) is 13.3. The number of hydrogen-bond acceptors (Lipinski definition) is 5. The molecule has 0 aliphatic carbocycles. The molecule has 1 aliphatic heterocycles. The summed E-state index contributed by atoms with van der Waals surface area (Å²) in [7, 11) is 0. The van der Waals surface area contributed by atoms with Gasteiger partial charge in [-0.3, -0.25) is 9.59 Å². The summed E-state index contributed by atoms with van der Waals surface area (Å²) in [6.07, 6.45) is 0.00678. The Labute approximate surface area is 136 Å². The molecular formula is C17H24N2O4. The van der Waals surface area contributed by atoms with Gasteiger partial charge in [-0.25, -0.2) is 0 Å². The first-order valence-corrected chi connectivity index (χ1v) is 7.92. The number of rotatable bonds is 1. The van der Waals surface area contributed by atoms with E-state index in [0.717, 1.165) is 5.56 Å². The van der Waals surface area contributed by atoms with E-state index >= 15 is 0 Å². The van der Waals surface area contributed by atoms with Crippen LogP contribution in [0.1, 0.15) is 37.8 Å². The molecule has 126 valence electrons. The Hall–Kier alpha value is -1.92. The fourth-order valence-corrected chi connectivity index (χ4v) is 2.60. The summed E-state index contributed by atoms with van der Waals surface area (Å²) in [4.78, 5) is 24.1. The highest BCUT2D eigenvalue weighted by molar-refractivity contribution is 5.76. The van der Waals surface area contributed by atoms with Crippen LogP contribution in [0.2, 0.25) is 0 Å². The maximum atomic E-state index is 12.1. The predicted octanol–water partition coefficient (Wildman–Crippen LogP) is 0.895. The van der Waals surface area contributed by atoms with Gasteiger partial charge in [-0.2, -0.15) is 0 Å². The molecule has 4 atom stereocenters. The van der Waals surface area contributed by atoms with E-state index in [1.165, 1.54) is 0 Å². The largest absolute Gasteiger partial charge is 0.463 e. The van der Waals surface area contributed by atoms with Gasteiger partial charge in [-0.15, -0.1) is 0 Å². The van der Waals surface area contributed by atoms with Crippen molar-refractivity contribution in [1.29, 1.82) is 0 Å². The monoisotopic (exact) mass is 320 g/mol. The van der Waals surface area contributed by atoms with Gasteiger partial charge < -0.3 is 20.9 Å². The maximum Gasteiger partial charge on any atom is 0.308 e. The molecule has 0 spiro atoms. The third-order valence-electron chi connectivity index (χ3n) is 4.13. The fourth-order valence-electron chi connectivity index (χ4n) is 2.60. The van der Waals surface area contributed by atoms with Gasteiger partial charge in [0, 0.05) is 12.5 Å². The lowest BCUT2D eigenvalue weighted by Gasteiger charge is -2.25. The lowest BCUT2D eigenvalue weighted by Crippen LogP contribution is -2.40. The van der Waals surface area contributed by atoms with E-state index in [2.05, 4.69) is 5.32 Å². The van der Waals surface area contributed by atoms with Crippen molar-refractivity contribution in [1.82, 2.24) is 5.32 Å². The summed E-state index contributed by atoms with van der Waals surface area (Å²) in [6.45, 7) is 1.78. The predicted molar refractivity (Wildman–Crippen MR) is 85.3 cm³/mol. The van der Waals surface area contributed by atoms with E-state index in [1.54, 1.807) is 6.92 Å². The molecule has 4 N–H and O–H groups in total. The number of ether oxygens (including phenoxy) is 1. The molecule has 6 nitrogen and oxygen atoms in total. The molecule has 1 unspecified atom stereocenters. The summed E-state index contributed by atoms with van der Waals surface area (Å²) in [5.74, 6) is -1.01. The number of esters is 1. The molecule has 1 aliphatic rings. The lowest BCUT2D eigenvalue weighted by molar-refractivity contribution is -0.150. The maximum absolute atomic E-state index is 12.1. The van der Waals surface area contributed by atoms with Crippen molar-refractivity contribution in [3.8, 4) is 0 Å². The van der Waals surface area contributed by atoms with Gasteiger partial charge in [0.2, 0.25) is 5.91 Å². The summed E-state index contributed by atoms with van der Waals surface area (Å²) in [5.41, 5.74) is 6.77. The van der Waals surface area contributed by atoms with Crippen LogP contribution in [0.4, 0.5) is 0 Å². The fraction of sp³-hybridized carbons (Fsp3) is 0.529. The molecular weight excluding hydrogens is 296 g/mol. The van der Waals surface area contributed by atoms with Crippen molar-refractivity contribution >= 4 is 11.9 Å². The van der Waals surface area contributed by atoms with E-state index in [-0.39, 0.29) is 31.4 Å². The Balaban J connectivity index is 2.14. The number of hydrogen-bond donors (Lipinski definition) is 3. The zero-order chi connectivity index (χ0) is 16.8. The first-order chi connectivity index (χ1) is 11.0. The van der Waals surface area contributed by atoms with Gasteiger partial charge in [-0.1, -0.05) is 37.3 Å². The Kier molecular flexibility index (Phi) is 6.12. The summed E-state index contributed by atoms with van der Waals surface area (Å²) >= 11 is 0. The topological polar surface area (TPSA) is 102 Å². The van der Waals surface area contributed by atoms with Gasteiger partial charge in [0.05, 0.1) is 18.1 Å². The lowest BCUT2D eigenvalue weighted by atomic mass is 9.96. The van der Waals surface area contributed by atoms with Crippen LogP contribution in [0, 0.1) is 5.92 Å². The number of nitrogens with one attached hydrogen (secondary N) is 1. The molecule has 0 saturated carbocycles. The Morgan fingerprint density at radius 2 is 1.96 bits per heavy atom. The van der Waals surface area contributed by atoms with Crippen LogP contribution >= 0.6 is 0 Å². The van der Waals surface area contributed by atoms with Gasteiger partial charge in [0.15, 0.2) is 0 Å². The van der Waals surface area contributed by atoms with Crippen molar-refractivity contribution in [2.24, 2.45) is 11.7 Å². The summed E-state index contributed by atoms with van der Waals surface area (Å²) in [5, 5.41) is 12.9. The minimum Gasteiger partial charge on any atom is -0.463 e. The van der Waals surface area contributed by atoms with Crippen LogP contribution < -0.4 is 11.1 Å². The molecule has 0 bridgehead atoms. The molecule has 1 aromatic carbocycles. The van der Waals surface area contributed by atoms with E-state index in [4.69, 9.17) is 10.5 Å². The molecule has 1 amide bonds. The highest BCUT2D eigenvalue weighted by Gasteiger charge is 2.26. The number of nitrogens with two attached hydrogens (primary N) is 1. The van der Waals surface area contributed by atoms with Crippen molar-refractivity contribution in [2.45, 2.75) is 44.4 Å². The minimum absolute atomic E-state index is 0.0705. The molecule has 6 heteroatoms. The quantitative estimate of drug-likeness (QED) is 0.667. The van der Waals surface area contributed by atoms with E-state index in [0.29, 0.717) is 6.42 Å². The number of amides is 1. The van der Waals surface area contributed by atoms with Crippen molar-refractivity contribution < 1.29 is 19.4 Å². The average Bonchev–Trinajstić information content (AvgIpc) is 2.55. The Morgan fingerprint density at radius 1 is 1.26 bits per heavy atom. The SMILES string of the molecule is C[C@@H]1C[C@H](O)[C@@H](N)CCC(=O)NC(c2ccccc2)COC1=O. The molecule has 2 rings (SSSR count). The Morgan fingerprint density at radius 3 is 2.65 bits per heavy atom. The number of carbonyl (C=O) groups is 2. The zero-order valence-corrected chi connectivity index (χ0v) is 13.3. The van der Waals surface area contributed by atoms with Crippen LogP contribution in [-0.4, -0.2) is 35.7 Å². The van der Waals surface area contributed by atoms with Crippen molar-refractivity contribution in [3.05, 3.63) is 35.9 Å². The first kappa shape index (κ1) is 17.4. The van der Waals surface area contributed by atoms with Crippen LogP contribution in [0.3, 0.4) is 0 Å². The van der Waals surface area contributed by atoms with Crippen LogP contribution in [0.25, 0.3) is 0 Å². The second-order valence-electron chi connectivity index (χ2n) is 6.07. The van der Waals surface area contributed by atoms with Crippen LogP contribution in [0.15, 0.2) is 30.3 Å². The molecule has 1 saturated heterocycles. The number of cyclic esters (lactones) is 1. The third kappa shape index (κ3) is 5.04. The molecule has 1 aromatic rings. The molecule has 23 heavy (non-hydrogen) atoms. The normalized spacial score (nSPS) is 30.6. The molecule has 1 heterocycles. The third-order valence-corrected chi connectivity index (χ3v) is 4.13. The summed E-state index contributed by atoms with van der Waals surface area (Å²) < 4.78 is 5.32. The van der Waals surface area contributed by atoms with Crippen LogP contribution in [-0.2, 0) is 14.3 Å². The highest BCUT2D eigenvalue weighted by atomic mass is 16.5. The number of aliphatic hydroxyl groups excluding tert-OH is 1. The molecule has 0 aromatic heterocycles. The second-order valence-corrected chi connectivity index (χ2v) is 6.07. The molecule has 1 fully saturated rings. The Bertz CT molecular complexity index is 535. The van der Waals surface area contributed by atoms with Gasteiger partial charge in [-0.05, 0) is 18.4 Å². The summed E-state index contributed by atoms with van der Waals surface area (Å²) in [6, 6.07) is 8.45. The van der Waals surface area contributed by atoms with E-state index < -0.39 is 24.0 Å². The van der Waals surface area contributed by atoms with Crippen molar-refractivity contribution in [2.75, 3.05) is 6.61 Å². The van der Waals surface area contributed by atoms with Gasteiger partial charge in [0.1, 0.15) is 6.61 Å². The smallest absolute Gasteiger partial charge is 0.308 e. The average molecular weight is 320 g/mol. The highest BCUT2D eigenvalue weighted by Crippen LogP contribution is 2.18. The van der Waals surface area contributed by atoms with Gasteiger partial charge >= 0.3 is 5.97 Å². The van der Waals surface area contributed by atoms with Crippen molar-refractivity contribution in [3.63, 3.8) is 0 Å².